The van der Waals surface area contributed by atoms with E-state index in [9.17, 15) is 8.42 Å². The first-order valence-electron chi connectivity index (χ1n) is 13.1. The molecule has 0 aliphatic carbocycles. The minimum Gasteiger partial charge on any atom is -0.493 e. The van der Waals surface area contributed by atoms with E-state index in [-0.39, 0.29) is 35.0 Å². The highest BCUT2D eigenvalue weighted by Gasteiger charge is 2.27. The minimum atomic E-state index is -4.18. The highest BCUT2D eigenvalue weighted by molar-refractivity contribution is 7.92. The number of nitrogens with zero attached hydrogens (tertiary/aromatic N) is 4. The summed E-state index contributed by atoms with van der Waals surface area (Å²) in [6.07, 6.45) is 1.47. The number of aromatic nitrogens is 3. The molecule has 0 amide bonds. The second kappa shape index (κ2) is 13.2. The molecular formula is C30H29N5O6S. The smallest absolute Gasteiger partial charge is 0.280 e. The van der Waals surface area contributed by atoms with Gasteiger partial charge in [0.25, 0.3) is 15.9 Å². The molecule has 11 nitrogen and oxygen atoms in total. The van der Waals surface area contributed by atoms with E-state index in [4.69, 9.17) is 18.9 Å². The van der Waals surface area contributed by atoms with Crippen LogP contribution in [0.25, 0.3) is 0 Å². The van der Waals surface area contributed by atoms with Crippen molar-refractivity contribution < 1.29 is 27.4 Å². The Balaban J connectivity index is 1.58. The van der Waals surface area contributed by atoms with Gasteiger partial charge in [-0.1, -0.05) is 48.2 Å². The summed E-state index contributed by atoms with van der Waals surface area (Å²) in [4.78, 5) is 15.1. The van der Waals surface area contributed by atoms with Crippen molar-refractivity contribution in [3.05, 3.63) is 84.1 Å². The first kappa shape index (κ1) is 28.7. The Kier molecular flexibility index (Phi) is 9.01. The van der Waals surface area contributed by atoms with Crippen LogP contribution in [0.5, 0.6) is 23.1 Å². The zero-order valence-electron chi connectivity index (χ0n) is 23.1. The predicted molar refractivity (Wildman–Crippen MR) is 157 cm³/mol. The molecule has 3 heterocycles. The summed E-state index contributed by atoms with van der Waals surface area (Å²) in [5.74, 6) is 6.76. The second-order valence-corrected chi connectivity index (χ2v) is 10.7. The van der Waals surface area contributed by atoms with Crippen molar-refractivity contribution in [1.29, 1.82) is 0 Å². The standard InChI is InChI=1S/C30H29N5O6S/c1-22-14-15-26(31-21-22)42(36,37)34-28-27(41-25-13-7-6-12-24(25)38-2)29(33-30(32-28)35-16-19-39-20-17-35)40-18-8-11-23-9-4-3-5-10-23/h3-7,9-10,12-15,21H,16-20H2,1-2H3,(H,32,33,34). The molecule has 1 aliphatic heterocycles. The molecule has 42 heavy (non-hydrogen) atoms. The largest absolute Gasteiger partial charge is 0.493 e. The number of methoxy groups -OCH3 is 1. The molecule has 2 aromatic carbocycles. The first-order chi connectivity index (χ1) is 20.4. The summed E-state index contributed by atoms with van der Waals surface area (Å²) in [5.41, 5.74) is 1.64. The van der Waals surface area contributed by atoms with Crippen molar-refractivity contribution in [2.75, 3.05) is 49.6 Å². The summed E-state index contributed by atoms with van der Waals surface area (Å²) in [6.45, 7) is 3.71. The highest BCUT2D eigenvalue weighted by atomic mass is 32.2. The number of morpholine rings is 1. The molecule has 1 fully saturated rings. The number of para-hydroxylation sites is 2. The van der Waals surface area contributed by atoms with Crippen LogP contribution in [0.4, 0.5) is 11.8 Å². The van der Waals surface area contributed by atoms with Gasteiger partial charge in [0.15, 0.2) is 28.9 Å². The number of benzene rings is 2. The van der Waals surface area contributed by atoms with Gasteiger partial charge >= 0.3 is 0 Å². The van der Waals surface area contributed by atoms with Gasteiger partial charge < -0.3 is 23.8 Å². The normalized spacial score (nSPS) is 13.0. The summed E-state index contributed by atoms with van der Waals surface area (Å²) >= 11 is 0. The predicted octanol–water partition coefficient (Wildman–Crippen LogP) is 4.05. The van der Waals surface area contributed by atoms with Gasteiger partial charge in [0.1, 0.15) is 0 Å². The average Bonchev–Trinajstić information content (AvgIpc) is 3.01. The summed E-state index contributed by atoms with van der Waals surface area (Å²) in [5, 5.41) is -0.181. The van der Waals surface area contributed by atoms with E-state index >= 15 is 0 Å². The quantitative estimate of drug-likeness (QED) is 0.287. The van der Waals surface area contributed by atoms with Crippen molar-refractivity contribution in [1.82, 2.24) is 15.0 Å². The number of anilines is 2. The van der Waals surface area contributed by atoms with Gasteiger partial charge in [-0.2, -0.15) is 18.4 Å². The van der Waals surface area contributed by atoms with E-state index in [1.165, 1.54) is 19.4 Å². The number of hydrogen-bond acceptors (Lipinski definition) is 10. The number of rotatable bonds is 9. The summed E-state index contributed by atoms with van der Waals surface area (Å²) < 4.78 is 52.6. The molecule has 0 bridgehead atoms. The third-order valence-electron chi connectivity index (χ3n) is 6.08. The van der Waals surface area contributed by atoms with E-state index < -0.39 is 10.0 Å². The number of pyridine rings is 1. The van der Waals surface area contributed by atoms with Crippen molar-refractivity contribution in [2.45, 2.75) is 11.9 Å². The monoisotopic (exact) mass is 587 g/mol. The molecule has 1 N–H and O–H groups in total. The van der Waals surface area contributed by atoms with Crippen LogP contribution < -0.4 is 23.8 Å². The van der Waals surface area contributed by atoms with Crippen LogP contribution in [-0.2, 0) is 14.8 Å². The lowest BCUT2D eigenvalue weighted by atomic mass is 10.2. The van der Waals surface area contributed by atoms with E-state index in [2.05, 4.69) is 31.5 Å². The number of sulfonamides is 1. The van der Waals surface area contributed by atoms with E-state index in [1.807, 2.05) is 42.2 Å². The third kappa shape index (κ3) is 7.06. The Morgan fingerprint density at radius 2 is 1.71 bits per heavy atom. The van der Waals surface area contributed by atoms with Gasteiger partial charge in [-0.05, 0) is 42.8 Å². The molecule has 1 aliphatic rings. The molecule has 216 valence electrons. The van der Waals surface area contributed by atoms with Gasteiger partial charge in [-0.15, -0.1) is 0 Å². The molecule has 0 spiro atoms. The molecule has 0 unspecified atom stereocenters. The molecule has 0 radical (unpaired) electrons. The lowest BCUT2D eigenvalue weighted by molar-refractivity contribution is 0.122. The second-order valence-electron chi connectivity index (χ2n) is 9.09. The van der Waals surface area contributed by atoms with Gasteiger partial charge in [-0.3, -0.25) is 4.72 Å². The molecule has 0 saturated carbocycles. The van der Waals surface area contributed by atoms with Crippen LogP contribution in [0.1, 0.15) is 11.1 Å². The number of nitrogens with one attached hydrogen (secondary N) is 1. The minimum absolute atomic E-state index is 0.00525. The molecule has 1 saturated heterocycles. The van der Waals surface area contributed by atoms with Crippen LogP contribution in [0, 0.1) is 18.8 Å². The van der Waals surface area contributed by atoms with Gasteiger partial charge in [0, 0.05) is 24.8 Å². The Labute approximate surface area is 244 Å². The molecule has 5 rings (SSSR count). The van der Waals surface area contributed by atoms with Gasteiger partial charge in [0.05, 0.1) is 20.3 Å². The topological polar surface area (TPSA) is 125 Å². The summed E-state index contributed by atoms with van der Waals surface area (Å²) in [6, 6.07) is 19.5. The average molecular weight is 588 g/mol. The highest BCUT2D eigenvalue weighted by Crippen LogP contribution is 2.41. The fourth-order valence-electron chi connectivity index (χ4n) is 3.95. The van der Waals surface area contributed by atoms with Crippen molar-refractivity contribution in [2.24, 2.45) is 0 Å². The van der Waals surface area contributed by atoms with Crippen molar-refractivity contribution >= 4 is 21.8 Å². The Hall–Kier alpha value is -4.86. The molecule has 0 atom stereocenters. The van der Waals surface area contributed by atoms with Crippen molar-refractivity contribution in [3.63, 3.8) is 0 Å². The van der Waals surface area contributed by atoms with Gasteiger partial charge in [-0.25, -0.2) is 4.98 Å². The van der Waals surface area contributed by atoms with Crippen LogP contribution >= 0.6 is 0 Å². The van der Waals surface area contributed by atoms with Crippen molar-refractivity contribution in [3.8, 4) is 35.0 Å². The SMILES string of the molecule is COc1ccccc1Oc1c(NS(=O)(=O)c2ccc(C)cn2)nc(N2CCOCC2)nc1OCC#Cc1ccccc1. The third-order valence-corrected chi connectivity index (χ3v) is 7.33. The lowest BCUT2D eigenvalue weighted by Crippen LogP contribution is -2.37. The van der Waals surface area contributed by atoms with Gasteiger partial charge in [0.2, 0.25) is 11.7 Å². The van der Waals surface area contributed by atoms with Crippen LogP contribution in [0.3, 0.4) is 0 Å². The maximum Gasteiger partial charge on any atom is 0.280 e. The lowest BCUT2D eigenvalue weighted by Gasteiger charge is -2.28. The number of ether oxygens (including phenoxy) is 4. The maximum atomic E-state index is 13.4. The Bertz CT molecular complexity index is 1680. The zero-order valence-corrected chi connectivity index (χ0v) is 23.9. The zero-order chi connectivity index (χ0) is 29.4. The maximum absolute atomic E-state index is 13.4. The van der Waals surface area contributed by atoms with Crippen LogP contribution in [0.2, 0.25) is 0 Å². The number of aryl methyl sites for hydroxylation is 1. The fourth-order valence-corrected chi connectivity index (χ4v) is 4.89. The summed E-state index contributed by atoms with van der Waals surface area (Å²) in [7, 11) is -2.67. The van der Waals surface area contributed by atoms with E-state index in [1.54, 1.807) is 30.3 Å². The molecule has 4 aromatic rings. The first-order valence-corrected chi connectivity index (χ1v) is 14.6. The molecule has 12 heteroatoms. The van der Waals surface area contributed by atoms with Crippen LogP contribution in [-0.4, -0.2) is 63.4 Å². The Morgan fingerprint density at radius 1 is 0.976 bits per heavy atom. The fraction of sp³-hybridized carbons (Fsp3) is 0.233. The van der Waals surface area contributed by atoms with E-state index in [0.29, 0.717) is 37.8 Å². The van der Waals surface area contributed by atoms with E-state index in [0.717, 1.165) is 11.1 Å². The Morgan fingerprint density at radius 3 is 2.43 bits per heavy atom. The number of hydrogen-bond donors (Lipinski definition) is 1. The molecular weight excluding hydrogens is 558 g/mol. The molecule has 2 aromatic heterocycles. The van der Waals surface area contributed by atoms with Crippen LogP contribution in [0.15, 0.2) is 78.0 Å².